The van der Waals surface area contributed by atoms with Gasteiger partial charge in [0.05, 0.1) is 18.2 Å². The minimum absolute atomic E-state index is 0.0215. The van der Waals surface area contributed by atoms with Crippen molar-refractivity contribution in [3.05, 3.63) is 81.9 Å². The summed E-state index contributed by atoms with van der Waals surface area (Å²) >= 11 is 5.77. The second-order valence-corrected chi connectivity index (χ2v) is 10.2. The molecule has 0 amide bonds. The van der Waals surface area contributed by atoms with Crippen molar-refractivity contribution in [2.45, 2.75) is 32.2 Å². The van der Waals surface area contributed by atoms with Gasteiger partial charge >= 0.3 is 6.11 Å². The van der Waals surface area contributed by atoms with Crippen molar-refractivity contribution in [2.24, 2.45) is 5.92 Å². The van der Waals surface area contributed by atoms with E-state index >= 15 is 0 Å². The molecule has 0 aliphatic carbocycles. The van der Waals surface area contributed by atoms with Crippen molar-refractivity contribution in [3.8, 4) is 16.9 Å². The lowest BCUT2D eigenvalue weighted by atomic mass is 10.0. The molecule has 1 unspecified atom stereocenters. The number of rotatable bonds is 10. The van der Waals surface area contributed by atoms with Gasteiger partial charge in [-0.05, 0) is 60.1 Å². The number of halogens is 7. The average Bonchev–Trinajstić information content (AvgIpc) is 2.89. The Morgan fingerprint density at radius 2 is 1.60 bits per heavy atom. The summed E-state index contributed by atoms with van der Waals surface area (Å²) in [6, 6.07) is 6.39. The Kier molecular flexibility index (Phi) is 10.0. The lowest BCUT2D eigenvalue weighted by molar-refractivity contribution is -0.208. The van der Waals surface area contributed by atoms with Crippen LogP contribution in [0.5, 0.6) is 5.75 Å². The first-order valence-electron chi connectivity index (χ1n) is 12.4. The first kappa shape index (κ1) is 30.6. The Bertz CT molecular complexity index is 1300. The van der Waals surface area contributed by atoms with Gasteiger partial charge in [-0.2, -0.15) is 8.78 Å². The van der Waals surface area contributed by atoms with Crippen LogP contribution in [0.4, 0.5) is 26.3 Å². The SMILES string of the molecule is CCCOCCC1COC(c2cc(F)c(C(F)(F)Oc3ccc(-c4cc(F)c(Cl)c(P)c4)c(F)c3)c(F)c2)OC1. The fraction of sp³-hybridized carbons (Fsp3) is 0.357. The normalized spacial score (nSPS) is 17.7. The summed E-state index contributed by atoms with van der Waals surface area (Å²) in [5, 5.41) is 0.0979. The zero-order chi connectivity index (χ0) is 29.0. The van der Waals surface area contributed by atoms with Crippen molar-refractivity contribution in [2.75, 3.05) is 26.4 Å². The van der Waals surface area contributed by atoms with Gasteiger partial charge in [0, 0.05) is 36.3 Å². The number of hydrogen-bond donors (Lipinski definition) is 0. The molecular weight excluding hydrogens is 581 g/mol. The molecule has 0 saturated carbocycles. The van der Waals surface area contributed by atoms with Crippen LogP contribution in [0.15, 0.2) is 42.5 Å². The molecule has 1 fully saturated rings. The van der Waals surface area contributed by atoms with E-state index in [2.05, 4.69) is 14.0 Å². The predicted molar refractivity (Wildman–Crippen MR) is 141 cm³/mol. The summed E-state index contributed by atoms with van der Waals surface area (Å²) in [6.45, 7) is 3.64. The predicted octanol–water partition coefficient (Wildman–Crippen LogP) is 7.67. The van der Waals surface area contributed by atoms with Gasteiger partial charge in [0.2, 0.25) is 0 Å². The topological polar surface area (TPSA) is 36.9 Å². The van der Waals surface area contributed by atoms with Gasteiger partial charge in [0.1, 0.15) is 34.6 Å². The largest absolute Gasteiger partial charge is 0.432 e. The van der Waals surface area contributed by atoms with Crippen LogP contribution in [0.3, 0.4) is 0 Å². The maximum absolute atomic E-state index is 14.9. The number of ether oxygens (including phenoxy) is 4. The number of alkyl halides is 2. The third-order valence-electron chi connectivity index (χ3n) is 6.17. The molecule has 4 rings (SSSR count). The van der Waals surface area contributed by atoms with Crippen LogP contribution in [0.25, 0.3) is 11.1 Å². The van der Waals surface area contributed by atoms with Gasteiger partial charge in [0.15, 0.2) is 6.29 Å². The quantitative estimate of drug-likeness (QED) is 0.135. The molecule has 3 aromatic carbocycles. The Hall–Kier alpha value is -2.36. The lowest BCUT2D eigenvalue weighted by Gasteiger charge is -2.30. The number of benzene rings is 3. The number of hydrogen-bond acceptors (Lipinski definition) is 4. The molecule has 1 heterocycles. The first-order valence-corrected chi connectivity index (χ1v) is 13.4. The Balaban J connectivity index is 1.46. The van der Waals surface area contributed by atoms with E-state index in [0.717, 1.165) is 24.6 Å². The van der Waals surface area contributed by atoms with Gasteiger partial charge in [-0.1, -0.05) is 18.5 Å². The van der Waals surface area contributed by atoms with Crippen LogP contribution in [-0.2, 0) is 20.3 Å². The monoisotopic (exact) mass is 606 g/mol. The molecule has 12 heteroatoms. The minimum atomic E-state index is -4.50. The highest BCUT2D eigenvalue weighted by atomic mass is 35.5. The molecule has 0 radical (unpaired) electrons. The van der Waals surface area contributed by atoms with E-state index in [1.807, 2.05) is 6.92 Å². The van der Waals surface area contributed by atoms with E-state index in [0.29, 0.717) is 37.8 Å². The standard InChI is InChI=1S/C28H26ClF6O4P/c1-2-6-36-7-5-15-13-37-27(38-14-15)17-9-21(31)25(22(32)10-17)28(34,35)39-18-3-4-19(20(30)12-18)16-8-23(33)26(29)24(40)11-16/h3-4,8-12,15,27H,2,5-7,13-14,40H2,1H3. The summed E-state index contributed by atoms with van der Waals surface area (Å²) in [4.78, 5) is 0. The summed E-state index contributed by atoms with van der Waals surface area (Å²) in [6.07, 6.45) is -4.07. The molecule has 1 saturated heterocycles. The average molecular weight is 607 g/mol. The molecule has 0 aromatic heterocycles. The van der Waals surface area contributed by atoms with Gasteiger partial charge in [-0.25, -0.2) is 17.6 Å². The van der Waals surface area contributed by atoms with Crippen molar-refractivity contribution in [3.63, 3.8) is 0 Å². The molecule has 1 aliphatic rings. The lowest BCUT2D eigenvalue weighted by Crippen LogP contribution is -2.29. The Morgan fingerprint density at radius 3 is 2.20 bits per heavy atom. The molecule has 1 aliphatic heterocycles. The van der Waals surface area contributed by atoms with Crippen molar-refractivity contribution in [1.82, 2.24) is 0 Å². The highest BCUT2D eigenvalue weighted by Crippen LogP contribution is 2.38. The maximum atomic E-state index is 14.9. The van der Waals surface area contributed by atoms with Crippen LogP contribution in [0.1, 0.15) is 37.2 Å². The molecule has 4 nitrogen and oxygen atoms in total. The molecule has 3 aromatic rings. The minimum Gasteiger partial charge on any atom is -0.429 e. The third kappa shape index (κ3) is 7.09. The third-order valence-corrected chi connectivity index (χ3v) is 7.20. The van der Waals surface area contributed by atoms with Crippen LogP contribution in [-0.4, -0.2) is 26.4 Å². The fourth-order valence-corrected chi connectivity index (χ4v) is 4.59. The summed E-state index contributed by atoms with van der Waals surface area (Å²) in [5.41, 5.74) is -1.80. The van der Waals surface area contributed by atoms with Crippen LogP contribution >= 0.6 is 20.8 Å². The first-order chi connectivity index (χ1) is 19.0. The van der Waals surface area contributed by atoms with E-state index in [9.17, 15) is 26.3 Å². The van der Waals surface area contributed by atoms with Crippen LogP contribution < -0.4 is 10.0 Å². The summed E-state index contributed by atoms with van der Waals surface area (Å²) in [5.74, 6) is -5.70. The smallest absolute Gasteiger partial charge is 0.429 e. The van der Waals surface area contributed by atoms with Crippen LogP contribution in [0.2, 0.25) is 5.02 Å². The molecule has 40 heavy (non-hydrogen) atoms. The van der Waals surface area contributed by atoms with Gasteiger partial charge in [-0.15, -0.1) is 9.24 Å². The van der Waals surface area contributed by atoms with Crippen LogP contribution in [0, 0.1) is 29.2 Å². The van der Waals surface area contributed by atoms with E-state index < -0.39 is 47.0 Å². The zero-order valence-corrected chi connectivity index (χ0v) is 23.2. The van der Waals surface area contributed by atoms with Gasteiger partial charge < -0.3 is 18.9 Å². The molecule has 0 bridgehead atoms. The van der Waals surface area contributed by atoms with Crippen molar-refractivity contribution < 1.29 is 45.3 Å². The molecule has 1 atom stereocenters. The van der Waals surface area contributed by atoms with Crippen molar-refractivity contribution in [1.29, 1.82) is 0 Å². The van der Waals surface area contributed by atoms with E-state index in [1.54, 1.807) is 0 Å². The highest BCUT2D eigenvalue weighted by Gasteiger charge is 2.42. The zero-order valence-electron chi connectivity index (χ0n) is 21.3. The molecule has 0 spiro atoms. The fourth-order valence-electron chi connectivity index (χ4n) is 4.16. The van der Waals surface area contributed by atoms with E-state index in [-0.39, 0.29) is 46.1 Å². The summed E-state index contributed by atoms with van der Waals surface area (Å²) < 4.78 is 109. The van der Waals surface area contributed by atoms with E-state index in [1.165, 1.54) is 6.07 Å². The van der Waals surface area contributed by atoms with Crippen molar-refractivity contribution >= 4 is 26.1 Å². The second-order valence-electron chi connectivity index (χ2n) is 9.25. The van der Waals surface area contributed by atoms with Gasteiger partial charge in [-0.3, -0.25) is 0 Å². The molecule has 0 N–H and O–H groups in total. The molecular formula is C28H26ClF6O4P. The van der Waals surface area contributed by atoms with E-state index in [4.69, 9.17) is 25.8 Å². The second kappa shape index (κ2) is 13.1. The Labute approximate surface area is 234 Å². The highest BCUT2D eigenvalue weighted by molar-refractivity contribution is 7.28. The Morgan fingerprint density at radius 1 is 0.925 bits per heavy atom. The maximum Gasteiger partial charge on any atom is 0.432 e. The molecule has 216 valence electrons. The summed E-state index contributed by atoms with van der Waals surface area (Å²) in [7, 11) is 2.20. The van der Waals surface area contributed by atoms with Gasteiger partial charge in [0.25, 0.3) is 0 Å².